The van der Waals surface area contributed by atoms with Gasteiger partial charge in [0.1, 0.15) is 17.2 Å². The van der Waals surface area contributed by atoms with Crippen LogP contribution < -0.4 is 13.3 Å². The van der Waals surface area contributed by atoms with Gasteiger partial charge in [0.05, 0.1) is 6.04 Å². The molecule has 0 atom stereocenters. The van der Waals surface area contributed by atoms with Crippen molar-refractivity contribution in [2.45, 2.75) is 67.2 Å². The average Bonchev–Trinajstić information content (AvgIpc) is 2.86. The Labute approximate surface area is 233 Å². The lowest BCUT2D eigenvalue weighted by molar-refractivity contribution is 0.204. The van der Waals surface area contributed by atoms with Crippen LogP contribution in [-0.4, -0.2) is 13.7 Å². The molecule has 4 aromatic rings. The third kappa shape index (κ3) is 5.09. The largest absolute Gasteiger partial charge is 0.704 e. The molecule has 3 aliphatic heterocycles. The Bertz CT molecular complexity index is 1410. The Kier molecular flexibility index (Phi) is 6.52. The fourth-order valence-corrected chi connectivity index (χ4v) is 9.18. The van der Waals surface area contributed by atoms with Crippen LogP contribution in [0.15, 0.2) is 66.7 Å². The molecule has 0 saturated carbocycles. The summed E-state index contributed by atoms with van der Waals surface area (Å²) in [6.07, 6.45) is 0. The number of hydrogen-bond donors (Lipinski definition) is 0. The zero-order valence-corrected chi connectivity index (χ0v) is 24.9. The van der Waals surface area contributed by atoms with Gasteiger partial charge < -0.3 is 13.3 Å². The monoisotopic (exact) mass is 535 g/mol. The fourth-order valence-electron chi connectivity index (χ4n) is 6.29. The maximum absolute atomic E-state index is 7.22. The molecule has 0 radical (unpaired) electrons. The van der Waals surface area contributed by atoms with Crippen molar-refractivity contribution < 1.29 is 13.3 Å². The normalized spacial score (nSPS) is 19.8. The zero-order valence-electron chi connectivity index (χ0n) is 23.9. The number of rotatable bonds is 2. The minimum atomic E-state index is -3.48. The second-order valence-corrected chi connectivity index (χ2v) is 13.8. The van der Waals surface area contributed by atoms with Crippen LogP contribution >= 0.6 is 0 Å². The average molecular weight is 536 g/mol. The van der Waals surface area contributed by atoms with Gasteiger partial charge in [-0.3, -0.25) is 4.90 Å². The van der Waals surface area contributed by atoms with Crippen LogP contribution in [-0.2, 0) is 25.7 Å². The van der Waals surface area contributed by atoms with Gasteiger partial charge in [0, 0.05) is 36.3 Å². The highest BCUT2D eigenvalue weighted by Gasteiger charge is 2.52. The highest BCUT2D eigenvalue weighted by atomic mass is 28.4. The second kappa shape index (κ2) is 9.89. The van der Waals surface area contributed by atoms with Gasteiger partial charge in [-0.2, -0.15) is 0 Å². The van der Waals surface area contributed by atoms with Crippen molar-refractivity contribution in [3.8, 4) is 17.2 Å². The Morgan fingerprint density at radius 1 is 0.564 bits per heavy atom. The smallest absolute Gasteiger partial charge is 0.483 e. The lowest BCUT2D eigenvalue weighted by Crippen LogP contribution is -2.58. The maximum atomic E-state index is 7.22. The van der Waals surface area contributed by atoms with Crippen molar-refractivity contribution in [2.24, 2.45) is 0 Å². The van der Waals surface area contributed by atoms with Gasteiger partial charge >= 0.3 is 8.80 Å². The number of nitrogens with zero attached hydrogens (tertiary/aromatic N) is 1. The lowest BCUT2D eigenvalue weighted by Gasteiger charge is -2.38. The Hall–Kier alpha value is -3.54. The molecular weight excluding hydrogens is 498 g/mol. The molecule has 0 fully saturated rings. The van der Waals surface area contributed by atoms with Gasteiger partial charge in [-0.25, -0.2) is 0 Å². The van der Waals surface area contributed by atoms with E-state index in [2.05, 4.69) is 107 Å². The van der Waals surface area contributed by atoms with E-state index in [1.807, 2.05) is 6.07 Å². The molecule has 4 aromatic carbocycles. The summed E-state index contributed by atoms with van der Waals surface area (Å²) < 4.78 is 21.7. The van der Waals surface area contributed by atoms with Gasteiger partial charge in [-0.1, -0.05) is 83.4 Å². The van der Waals surface area contributed by atoms with Crippen LogP contribution in [0.2, 0.25) is 0 Å². The summed E-state index contributed by atoms with van der Waals surface area (Å²) in [5, 5.41) is 0. The van der Waals surface area contributed by atoms with Crippen LogP contribution in [0.4, 0.5) is 0 Å². The highest BCUT2D eigenvalue weighted by molar-refractivity contribution is 6.62. The third-order valence-corrected chi connectivity index (χ3v) is 10.1. The first kappa shape index (κ1) is 25.7. The number of hydrogen-bond acceptors (Lipinski definition) is 4. The summed E-state index contributed by atoms with van der Waals surface area (Å²) >= 11 is 0. The summed E-state index contributed by atoms with van der Waals surface area (Å²) in [6.45, 7) is 15.3. The quantitative estimate of drug-likeness (QED) is 0.247. The molecule has 0 unspecified atom stereocenters. The Balaban J connectivity index is 1.66. The lowest BCUT2D eigenvalue weighted by atomic mass is 10.0. The molecule has 0 spiro atoms. The van der Waals surface area contributed by atoms with Crippen LogP contribution in [0.5, 0.6) is 17.2 Å². The Morgan fingerprint density at radius 2 is 0.949 bits per heavy atom. The fraction of sp³-hybridized carbons (Fsp3) is 0.294. The molecule has 0 saturated heterocycles. The van der Waals surface area contributed by atoms with Gasteiger partial charge in [0.2, 0.25) is 0 Å². The first-order valence-electron chi connectivity index (χ1n) is 13.8. The predicted octanol–water partition coefficient (Wildman–Crippen LogP) is 7.62. The van der Waals surface area contributed by atoms with Gasteiger partial charge in [-0.15, -0.1) is 0 Å². The van der Waals surface area contributed by atoms with Gasteiger partial charge in [-0.05, 0) is 63.8 Å². The summed E-state index contributed by atoms with van der Waals surface area (Å²) in [5.74, 6) is 2.69. The summed E-state index contributed by atoms with van der Waals surface area (Å²) in [7, 11) is -3.48. The van der Waals surface area contributed by atoms with E-state index in [1.165, 1.54) is 33.4 Å². The molecular formula is C34H37NO3Si. The topological polar surface area (TPSA) is 30.9 Å². The van der Waals surface area contributed by atoms with E-state index >= 15 is 0 Å². The van der Waals surface area contributed by atoms with Crippen LogP contribution in [0.25, 0.3) is 0 Å². The minimum Gasteiger partial charge on any atom is -0.483 e. The standard InChI is InChI=1S/C34H37NO3Si/c1-22-12-25(4)32-29(15-22)18-35-19-30-16-23(2)13-26(5)33(30)37-39(36-32,21-28-10-8-7-9-11-28)38-34-27(6)14-24(3)17-31(34)20-35/h7-17H,18-21H2,1-6H3. The molecule has 0 aliphatic carbocycles. The summed E-state index contributed by atoms with van der Waals surface area (Å²) in [4.78, 5) is 2.50. The van der Waals surface area contributed by atoms with Crippen molar-refractivity contribution in [3.63, 3.8) is 0 Å². The predicted molar refractivity (Wildman–Crippen MR) is 158 cm³/mol. The Morgan fingerprint density at radius 3 is 1.33 bits per heavy atom. The van der Waals surface area contributed by atoms with Crippen molar-refractivity contribution in [3.05, 3.63) is 122 Å². The van der Waals surface area contributed by atoms with Gasteiger partial charge in [0.25, 0.3) is 0 Å². The second-order valence-electron chi connectivity index (χ2n) is 11.5. The molecule has 2 bridgehead atoms. The number of aryl methyl sites for hydroxylation is 6. The van der Waals surface area contributed by atoms with Crippen LogP contribution in [0.1, 0.15) is 55.6 Å². The molecule has 4 nitrogen and oxygen atoms in total. The van der Waals surface area contributed by atoms with E-state index in [0.29, 0.717) is 6.04 Å². The summed E-state index contributed by atoms with van der Waals surface area (Å²) in [5.41, 5.74) is 11.8. The minimum absolute atomic E-state index is 0.559. The van der Waals surface area contributed by atoms with Gasteiger partial charge in [0.15, 0.2) is 0 Å². The maximum Gasteiger partial charge on any atom is 0.704 e. The summed E-state index contributed by atoms with van der Waals surface area (Å²) in [6, 6.07) is 24.5. The van der Waals surface area contributed by atoms with E-state index < -0.39 is 8.80 Å². The molecule has 0 aromatic heterocycles. The first-order valence-corrected chi connectivity index (χ1v) is 15.7. The number of benzene rings is 4. The van der Waals surface area contributed by atoms with Crippen molar-refractivity contribution in [1.29, 1.82) is 0 Å². The molecule has 7 rings (SSSR count). The highest BCUT2D eigenvalue weighted by Crippen LogP contribution is 2.40. The zero-order chi connectivity index (χ0) is 27.3. The first-order chi connectivity index (χ1) is 18.7. The molecule has 3 aliphatic rings. The molecule has 39 heavy (non-hydrogen) atoms. The molecule has 0 N–H and O–H groups in total. The van der Waals surface area contributed by atoms with E-state index in [4.69, 9.17) is 13.3 Å². The van der Waals surface area contributed by atoms with Crippen molar-refractivity contribution in [2.75, 3.05) is 0 Å². The molecule has 3 heterocycles. The van der Waals surface area contributed by atoms with Crippen molar-refractivity contribution >= 4 is 8.80 Å². The van der Waals surface area contributed by atoms with E-state index in [1.54, 1.807) is 0 Å². The van der Waals surface area contributed by atoms with E-state index in [9.17, 15) is 0 Å². The molecule has 5 heteroatoms. The van der Waals surface area contributed by atoms with Crippen LogP contribution in [0.3, 0.4) is 0 Å². The molecule has 200 valence electrons. The van der Waals surface area contributed by atoms with Crippen LogP contribution in [0, 0.1) is 41.5 Å². The third-order valence-electron chi connectivity index (χ3n) is 7.71. The van der Waals surface area contributed by atoms with Crippen molar-refractivity contribution in [1.82, 2.24) is 4.90 Å². The van der Waals surface area contributed by atoms with E-state index in [-0.39, 0.29) is 0 Å². The SMILES string of the molecule is Cc1cc(C)c2c(c1)CN1Cc3cc(C)cc(C)c3O[Si](Cc3ccccc3)(O2)Oc2c(C)cc(C)cc2C1. The van der Waals surface area contributed by atoms with E-state index in [0.717, 1.165) is 59.1 Å². The molecule has 0 amide bonds.